The molecule has 1 aliphatic rings. The first-order valence-corrected chi connectivity index (χ1v) is 12.8. The zero-order valence-corrected chi connectivity index (χ0v) is 20.7. The van der Waals surface area contributed by atoms with Gasteiger partial charge in [0.2, 0.25) is 0 Å². The third-order valence-electron chi connectivity index (χ3n) is 6.09. The summed E-state index contributed by atoms with van der Waals surface area (Å²) in [4.78, 5) is 23.8. The Labute approximate surface area is 210 Å². The molecule has 36 heavy (non-hydrogen) atoms. The molecule has 1 aliphatic heterocycles. The number of aromatic nitrogens is 1. The van der Waals surface area contributed by atoms with Crippen molar-refractivity contribution < 1.29 is 35.9 Å². The van der Waals surface area contributed by atoms with Gasteiger partial charge in [-0.1, -0.05) is 17.7 Å². The average Bonchev–Trinajstić information content (AvgIpc) is 3.20. The van der Waals surface area contributed by atoms with E-state index in [1.165, 1.54) is 23.2 Å². The summed E-state index contributed by atoms with van der Waals surface area (Å²) < 4.78 is 72.2. The highest BCUT2D eigenvalue weighted by molar-refractivity contribution is 7.90. The van der Waals surface area contributed by atoms with E-state index in [0.717, 1.165) is 0 Å². The Bertz CT molecular complexity index is 1450. The highest BCUT2D eigenvalue weighted by atomic mass is 35.5. The molecule has 2 heterocycles. The van der Waals surface area contributed by atoms with Crippen molar-refractivity contribution >= 4 is 44.4 Å². The molecule has 0 atom stereocenters. The molecule has 192 valence electrons. The van der Waals surface area contributed by atoms with Crippen molar-refractivity contribution in [3.8, 4) is 0 Å². The van der Waals surface area contributed by atoms with Gasteiger partial charge in [-0.25, -0.2) is 12.4 Å². The molecular formula is C24H22ClF3N2O5S. The number of fused-ring (bicyclic) bond motifs is 2. The lowest BCUT2D eigenvalue weighted by atomic mass is 10.00. The number of amides is 1. The van der Waals surface area contributed by atoms with E-state index in [9.17, 15) is 31.2 Å². The molecule has 4 rings (SSSR count). The van der Waals surface area contributed by atoms with Crippen LogP contribution in [0, 0.1) is 0 Å². The van der Waals surface area contributed by atoms with Crippen LogP contribution in [0.15, 0.2) is 47.4 Å². The molecule has 0 unspecified atom stereocenters. The van der Waals surface area contributed by atoms with Crippen molar-refractivity contribution in [3.05, 3.63) is 64.3 Å². The van der Waals surface area contributed by atoms with Gasteiger partial charge >= 0.3 is 18.1 Å². The SMILES string of the molecule is COC(=O)CCCc1cc2cc(Cl)ccc2n1S(=O)(=O)c1ccc2c(c1)CN(C(=O)C(F)(F)F)CC2. The maximum atomic E-state index is 13.8. The van der Waals surface area contributed by atoms with Crippen LogP contribution in [0.5, 0.6) is 0 Å². The van der Waals surface area contributed by atoms with Crippen molar-refractivity contribution in [2.75, 3.05) is 13.7 Å². The molecule has 3 aromatic rings. The van der Waals surface area contributed by atoms with Crippen molar-refractivity contribution in [2.45, 2.75) is 43.3 Å². The molecular weight excluding hydrogens is 521 g/mol. The maximum Gasteiger partial charge on any atom is 0.471 e. The molecule has 0 aliphatic carbocycles. The van der Waals surface area contributed by atoms with Crippen LogP contribution < -0.4 is 0 Å². The number of carbonyl (C=O) groups is 2. The molecule has 1 aromatic heterocycles. The number of nitrogens with zero attached hydrogens (tertiary/aromatic N) is 2. The second-order valence-corrected chi connectivity index (χ2v) is 10.7. The van der Waals surface area contributed by atoms with Crippen molar-refractivity contribution in [1.29, 1.82) is 0 Å². The fraction of sp³-hybridized carbons (Fsp3) is 0.333. The van der Waals surface area contributed by atoms with Crippen molar-refractivity contribution in [3.63, 3.8) is 0 Å². The van der Waals surface area contributed by atoms with Gasteiger partial charge in [-0.05, 0) is 66.8 Å². The van der Waals surface area contributed by atoms with Crippen LogP contribution in [0.1, 0.15) is 29.7 Å². The largest absolute Gasteiger partial charge is 0.471 e. The zero-order chi connectivity index (χ0) is 26.3. The number of aryl methyl sites for hydroxylation is 1. The lowest BCUT2D eigenvalue weighted by Gasteiger charge is -2.29. The molecule has 0 N–H and O–H groups in total. The van der Waals surface area contributed by atoms with Gasteiger partial charge in [0.15, 0.2) is 0 Å². The summed E-state index contributed by atoms with van der Waals surface area (Å²) in [5, 5.41) is 1.00. The predicted molar refractivity (Wildman–Crippen MR) is 126 cm³/mol. The first kappa shape index (κ1) is 26.0. The molecule has 0 saturated carbocycles. The normalized spacial score (nSPS) is 14.1. The summed E-state index contributed by atoms with van der Waals surface area (Å²) in [5.41, 5.74) is 1.82. The predicted octanol–water partition coefficient (Wildman–Crippen LogP) is 4.47. The summed E-state index contributed by atoms with van der Waals surface area (Å²) >= 11 is 6.09. The van der Waals surface area contributed by atoms with Crippen LogP contribution in [-0.2, 0) is 43.7 Å². The van der Waals surface area contributed by atoms with Crippen molar-refractivity contribution in [2.24, 2.45) is 0 Å². The number of ether oxygens (including phenoxy) is 1. The lowest BCUT2D eigenvalue weighted by Crippen LogP contribution is -2.43. The number of rotatable bonds is 6. The summed E-state index contributed by atoms with van der Waals surface area (Å²) in [6.07, 6.45) is -4.14. The van der Waals surface area contributed by atoms with Gasteiger partial charge in [0.05, 0.1) is 17.5 Å². The van der Waals surface area contributed by atoms with E-state index in [1.807, 2.05) is 0 Å². The first-order chi connectivity index (χ1) is 16.9. The molecule has 2 aromatic carbocycles. The number of benzene rings is 2. The number of methoxy groups -OCH3 is 1. The minimum absolute atomic E-state index is 0.0980. The van der Waals surface area contributed by atoms with E-state index in [2.05, 4.69) is 4.74 Å². The van der Waals surface area contributed by atoms with E-state index in [1.54, 1.807) is 30.3 Å². The summed E-state index contributed by atoms with van der Waals surface area (Å²) in [7, 11) is -2.92. The Morgan fingerprint density at radius 2 is 1.83 bits per heavy atom. The third-order valence-corrected chi connectivity index (χ3v) is 8.09. The van der Waals surface area contributed by atoms with Gasteiger partial charge in [-0.15, -0.1) is 0 Å². The van der Waals surface area contributed by atoms with E-state index >= 15 is 0 Å². The molecule has 12 heteroatoms. The number of alkyl halides is 3. The number of halogens is 4. The molecule has 7 nitrogen and oxygen atoms in total. The number of carbonyl (C=O) groups excluding carboxylic acids is 2. The highest BCUT2D eigenvalue weighted by Gasteiger charge is 2.43. The minimum Gasteiger partial charge on any atom is -0.469 e. The fourth-order valence-electron chi connectivity index (χ4n) is 4.34. The first-order valence-electron chi connectivity index (χ1n) is 11.0. The standard InChI is InChI=1S/C24H22ClF3N2O5S/c1-35-22(31)4-2-3-19-12-16-11-18(25)6-8-21(16)30(19)36(33,34)20-7-5-15-9-10-29(14-17(15)13-20)23(32)24(26,27)28/h5-8,11-13H,2-4,9-10,14H2,1H3. The van der Waals surface area contributed by atoms with Gasteiger partial charge in [0.1, 0.15) is 0 Å². The summed E-state index contributed by atoms with van der Waals surface area (Å²) in [5.74, 6) is -2.38. The van der Waals surface area contributed by atoms with E-state index in [0.29, 0.717) is 44.1 Å². The third kappa shape index (κ3) is 5.08. The molecule has 0 radical (unpaired) electrons. The van der Waals surface area contributed by atoms with E-state index in [4.69, 9.17) is 11.6 Å². The zero-order valence-electron chi connectivity index (χ0n) is 19.1. The average molecular weight is 543 g/mol. The Morgan fingerprint density at radius 1 is 1.08 bits per heavy atom. The van der Waals surface area contributed by atoms with Gasteiger partial charge in [0, 0.05) is 35.6 Å². The molecule has 0 fully saturated rings. The van der Waals surface area contributed by atoms with E-state index < -0.39 is 28.1 Å². The topological polar surface area (TPSA) is 85.7 Å². The quantitative estimate of drug-likeness (QED) is 0.429. The van der Waals surface area contributed by atoms with Gasteiger partial charge < -0.3 is 9.64 Å². The maximum absolute atomic E-state index is 13.8. The van der Waals surface area contributed by atoms with Crippen LogP contribution in [0.3, 0.4) is 0 Å². The van der Waals surface area contributed by atoms with Gasteiger partial charge in [-0.3, -0.25) is 9.59 Å². The van der Waals surface area contributed by atoms with Gasteiger partial charge in [0.25, 0.3) is 10.0 Å². The highest BCUT2D eigenvalue weighted by Crippen LogP contribution is 2.31. The minimum atomic E-state index is -5.01. The fourth-order valence-corrected chi connectivity index (χ4v) is 6.14. The Balaban J connectivity index is 1.74. The van der Waals surface area contributed by atoms with Crippen LogP contribution >= 0.6 is 11.6 Å². The monoisotopic (exact) mass is 542 g/mol. The number of esters is 1. The number of hydrogen-bond donors (Lipinski definition) is 0. The Kier molecular flexibility index (Phi) is 7.07. The van der Waals surface area contributed by atoms with Crippen LogP contribution in [-0.4, -0.2) is 49.0 Å². The summed E-state index contributed by atoms with van der Waals surface area (Å²) in [6, 6.07) is 10.7. The lowest BCUT2D eigenvalue weighted by molar-refractivity contribution is -0.186. The van der Waals surface area contributed by atoms with Crippen LogP contribution in [0.4, 0.5) is 13.2 Å². The van der Waals surface area contributed by atoms with Crippen molar-refractivity contribution in [1.82, 2.24) is 8.87 Å². The second kappa shape index (κ2) is 9.78. The molecule has 0 saturated heterocycles. The number of hydrogen-bond acceptors (Lipinski definition) is 5. The molecule has 1 amide bonds. The van der Waals surface area contributed by atoms with E-state index in [-0.39, 0.29) is 37.2 Å². The Morgan fingerprint density at radius 3 is 2.53 bits per heavy atom. The van der Waals surface area contributed by atoms with Crippen LogP contribution in [0.2, 0.25) is 5.02 Å². The second-order valence-electron chi connectivity index (χ2n) is 8.44. The smallest absolute Gasteiger partial charge is 0.469 e. The summed E-state index contributed by atoms with van der Waals surface area (Å²) in [6.45, 7) is -0.449. The molecule has 0 spiro atoms. The Hall–Kier alpha value is -3.05. The van der Waals surface area contributed by atoms with Crippen LogP contribution in [0.25, 0.3) is 10.9 Å². The van der Waals surface area contributed by atoms with Gasteiger partial charge in [-0.2, -0.15) is 13.2 Å². The molecule has 0 bridgehead atoms.